The monoisotopic (exact) mass is 500 g/mol. The summed E-state index contributed by atoms with van der Waals surface area (Å²) in [6, 6.07) is 6.69. The number of hydrazone groups is 1. The minimum Gasteiger partial charge on any atom is -0.503 e. The maximum atomic E-state index is 12.6. The number of benzene rings is 2. The molecule has 2 rings (SSSR count). The number of phenols is 1. The van der Waals surface area contributed by atoms with Crippen LogP contribution in [-0.4, -0.2) is 49.2 Å². The average molecular weight is 501 g/mol. The summed E-state index contributed by atoms with van der Waals surface area (Å²) < 4.78 is 31.9. The molecule has 12 heteroatoms. The van der Waals surface area contributed by atoms with Crippen molar-refractivity contribution in [2.24, 2.45) is 5.10 Å². The molecule has 0 radical (unpaired) electrons. The van der Waals surface area contributed by atoms with E-state index in [4.69, 9.17) is 4.74 Å². The van der Waals surface area contributed by atoms with E-state index in [-0.39, 0.29) is 35.2 Å². The summed E-state index contributed by atoms with van der Waals surface area (Å²) in [6.07, 6.45) is 1.37. The van der Waals surface area contributed by atoms with Crippen LogP contribution in [0.3, 0.4) is 0 Å². The van der Waals surface area contributed by atoms with E-state index >= 15 is 0 Å². The molecular formula is C18H21BrN4O6S. The number of nitrogens with zero attached hydrogens (tertiary/aromatic N) is 3. The first-order valence-electron chi connectivity index (χ1n) is 8.79. The van der Waals surface area contributed by atoms with Crippen molar-refractivity contribution in [3.8, 4) is 11.5 Å². The first-order chi connectivity index (χ1) is 14.1. The largest absolute Gasteiger partial charge is 0.503 e. The fourth-order valence-electron chi connectivity index (χ4n) is 2.63. The van der Waals surface area contributed by atoms with Gasteiger partial charge in [0.1, 0.15) is 5.69 Å². The number of nitro groups is 1. The normalized spacial score (nSPS) is 11.8. The Kier molecular flexibility index (Phi) is 7.76. The number of nitrogens with one attached hydrogen (secondary N) is 1. The second-order valence-corrected chi connectivity index (χ2v) is 8.74. The highest BCUT2D eigenvalue weighted by atomic mass is 79.9. The molecule has 2 aromatic carbocycles. The minimum absolute atomic E-state index is 0.0274. The molecule has 0 saturated carbocycles. The molecule has 0 aliphatic heterocycles. The predicted molar refractivity (Wildman–Crippen MR) is 117 cm³/mol. The van der Waals surface area contributed by atoms with Gasteiger partial charge in [0.05, 0.1) is 27.6 Å². The van der Waals surface area contributed by atoms with E-state index in [0.29, 0.717) is 10.0 Å². The zero-order chi connectivity index (χ0) is 22.5. The molecule has 0 amide bonds. The van der Waals surface area contributed by atoms with Gasteiger partial charge in [-0.1, -0.05) is 13.8 Å². The Morgan fingerprint density at radius 2 is 1.97 bits per heavy atom. The Bertz CT molecular complexity index is 1070. The van der Waals surface area contributed by atoms with Crippen molar-refractivity contribution < 1.29 is 23.2 Å². The molecule has 0 bridgehead atoms. The Labute approximate surface area is 182 Å². The molecule has 0 fully saturated rings. The molecule has 2 N–H and O–H groups in total. The first-order valence-corrected chi connectivity index (χ1v) is 11.0. The Morgan fingerprint density at radius 3 is 2.53 bits per heavy atom. The van der Waals surface area contributed by atoms with E-state index in [9.17, 15) is 23.6 Å². The average Bonchev–Trinajstić information content (AvgIpc) is 2.71. The Morgan fingerprint density at radius 1 is 1.30 bits per heavy atom. The van der Waals surface area contributed by atoms with Crippen LogP contribution in [-0.2, 0) is 10.0 Å². The molecule has 162 valence electrons. The van der Waals surface area contributed by atoms with Gasteiger partial charge in [0.15, 0.2) is 11.5 Å². The number of anilines is 1. The number of phenolic OH excluding ortho intramolecular Hbond substituents is 1. The van der Waals surface area contributed by atoms with E-state index in [1.807, 2.05) is 0 Å². The summed E-state index contributed by atoms with van der Waals surface area (Å²) in [5.41, 5.74) is 2.70. The smallest absolute Gasteiger partial charge is 0.295 e. The van der Waals surface area contributed by atoms with E-state index < -0.39 is 20.6 Å². The zero-order valence-electron chi connectivity index (χ0n) is 16.5. The van der Waals surface area contributed by atoms with Gasteiger partial charge in [-0.05, 0) is 45.8 Å². The van der Waals surface area contributed by atoms with Crippen molar-refractivity contribution in [1.29, 1.82) is 0 Å². The third-order valence-electron chi connectivity index (χ3n) is 4.18. The lowest BCUT2D eigenvalue weighted by atomic mass is 10.2. The molecule has 0 aliphatic carbocycles. The van der Waals surface area contributed by atoms with Gasteiger partial charge in [-0.3, -0.25) is 15.5 Å². The number of aromatic hydroxyl groups is 1. The molecule has 0 heterocycles. The highest BCUT2D eigenvalue weighted by Crippen LogP contribution is 2.35. The number of hydrogen-bond donors (Lipinski definition) is 2. The van der Waals surface area contributed by atoms with Crippen LogP contribution in [0.25, 0.3) is 0 Å². The highest BCUT2D eigenvalue weighted by Gasteiger charge is 2.25. The van der Waals surface area contributed by atoms with Crippen molar-refractivity contribution in [3.63, 3.8) is 0 Å². The quantitative estimate of drug-likeness (QED) is 0.305. The standard InChI is InChI=1S/C18H21BrN4O6S/c1-4-22(5-2)30(27,28)13-6-7-15(16(10-13)23(25)26)21-20-11-12-8-14(19)18(24)17(9-12)29-3/h6-11,21,24H,4-5H2,1-3H3/b20-11-. The lowest BCUT2D eigenvalue weighted by molar-refractivity contribution is -0.384. The number of rotatable bonds is 9. The maximum Gasteiger partial charge on any atom is 0.295 e. The van der Waals surface area contributed by atoms with E-state index in [1.54, 1.807) is 19.9 Å². The van der Waals surface area contributed by atoms with Crippen molar-refractivity contribution in [3.05, 3.63) is 50.5 Å². The van der Waals surface area contributed by atoms with Crippen LogP contribution in [0, 0.1) is 10.1 Å². The second kappa shape index (κ2) is 9.87. The number of methoxy groups -OCH3 is 1. The predicted octanol–water partition coefficient (Wildman–Crippen LogP) is 3.55. The lowest BCUT2D eigenvalue weighted by Crippen LogP contribution is -2.30. The first kappa shape index (κ1) is 23.6. The van der Waals surface area contributed by atoms with Crippen molar-refractivity contribution in [1.82, 2.24) is 4.31 Å². The summed E-state index contributed by atoms with van der Waals surface area (Å²) in [4.78, 5) is 10.6. The van der Waals surface area contributed by atoms with Crippen LogP contribution < -0.4 is 10.2 Å². The fraction of sp³-hybridized carbons (Fsp3) is 0.278. The Balaban J connectivity index is 2.34. The number of sulfonamides is 1. The van der Waals surface area contributed by atoms with Crippen LogP contribution in [0.5, 0.6) is 11.5 Å². The molecule has 30 heavy (non-hydrogen) atoms. The molecule has 0 spiro atoms. The third-order valence-corrected chi connectivity index (χ3v) is 6.83. The summed E-state index contributed by atoms with van der Waals surface area (Å²) in [5.74, 6) is 0.158. The van der Waals surface area contributed by atoms with Crippen molar-refractivity contribution in [2.45, 2.75) is 18.7 Å². The lowest BCUT2D eigenvalue weighted by Gasteiger charge is -2.18. The molecule has 0 aliphatic rings. The van der Waals surface area contributed by atoms with Crippen LogP contribution in [0.15, 0.2) is 44.8 Å². The maximum absolute atomic E-state index is 12.6. The van der Waals surface area contributed by atoms with Crippen LogP contribution in [0.1, 0.15) is 19.4 Å². The number of halogens is 1. The van der Waals surface area contributed by atoms with Gasteiger partial charge in [-0.15, -0.1) is 0 Å². The van der Waals surface area contributed by atoms with Gasteiger partial charge < -0.3 is 9.84 Å². The molecule has 2 aromatic rings. The summed E-state index contributed by atoms with van der Waals surface area (Å²) in [5, 5.41) is 25.3. The molecule has 0 aromatic heterocycles. The number of ether oxygens (including phenoxy) is 1. The zero-order valence-corrected chi connectivity index (χ0v) is 18.9. The fourth-order valence-corrected chi connectivity index (χ4v) is 4.57. The minimum atomic E-state index is -3.83. The van der Waals surface area contributed by atoms with Crippen molar-refractivity contribution >= 4 is 43.5 Å². The number of hydrogen-bond acceptors (Lipinski definition) is 8. The van der Waals surface area contributed by atoms with E-state index in [2.05, 4.69) is 26.5 Å². The van der Waals surface area contributed by atoms with Gasteiger partial charge in [-0.25, -0.2) is 8.42 Å². The molecule has 10 nitrogen and oxygen atoms in total. The Hall–Kier alpha value is -2.70. The van der Waals surface area contributed by atoms with E-state index in [1.165, 1.54) is 35.8 Å². The van der Waals surface area contributed by atoms with E-state index in [0.717, 1.165) is 6.07 Å². The van der Waals surface area contributed by atoms with Crippen LogP contribution in [0.4, 0.5) is 11.4 Å². The summed E-state index contributed by atoms with van der Waals surface area (Å²) >= 11 is 3.19. The molecule has 0 saturated heterocycles. The molecule has 0 atom stereocenters. The van der Waals surface area contributed by atoms with Crippen LogP contribution >= 0.6 is 15.9 Å². The van der Waals surface area contributed by atoms with Crippen LogP contribution in [0.2, 0.25) is 0 Å². The molecular weight excluding hydrogens is 480 g/mol. The van der Waals surface area contributed by atoms with Gasteiger partial charge in [0, 0.05) is 19.2 Å². The van der Waals surface area contributed by atoms with Gasteiger partial charge in [0.2, 0.25) is 10.0 Å². The second-order valence-electron chi connectivity index (χ2n) is 5.95. The molecule has 0 unspecified atom stereocenters. The summed E-state index contributed by atoms with van der Waals surface area (Å²) in [6.45, 7) is 3.89. The van der Waals surface area contributed by atoms with Crippen molar-refractivity contribution in [2.75, 3.05) is 25.6 Å². The van der Waals surface area contributed by atoms with Gasteiger partial charge in [-0.2, -0.15) is 9.41 Å². The topological polar surface area (TPSA) is 134 Å². The number of nitro benzene ring substituents is 1. The summed E-state index contributed by atoms with van der Waals surface area (Å²) in [7, 11) is -2.43. The highest BCUT2D eigenvalue weighted by molar-refractivity contribution is 9.10. The van der Waals surface area contributed by atoms with Gasteiger partial charge in [0.25, 0.3) is 5.69 Å². The van der Waals surface area contributed by atoms with Gasteiger partial charge >= 0.3 is 0 Å². The third kappa shape index (κ3) is 5.07. The SMILES string of the molecule is CCN(CC)S(=O)(=O)c1ccc(N/N=C\c2cc(Br)c(O)c(OC)c2)c([N+](=O)[O-])c1.